The SMILES string of the molecule is CCc1nc2c(C)cc(C(F)(F)F)c(-c3cc(Cl)c4c(c3)CC(O)N4)n2n1. The maximum atomic E-state index is 13.8. The van der Waals surface area contributed by atoms with Crippen molar-refractivity contribution in [1.29, 1.82) is 0 Å². The molecule has 0 spiro atoms. The molecule has 3 aromatic rings. The average molecular weight is 397 g/mol. The van der Waals surface area contributed by atoms with Gasteiger partial charge in [0.1, 0.15) is 6.23 Å². The van der Waals surface area contributed by atoms with Gasteiger partial charge in [0, 0.05) is 18.4 Å². The Morgan fingerprint density at radius 1 is 1.33 bits per heavy atom. The zero-order chi connectivity index (χ0) is 19.5. The summed E-state index contributed by atoms with van der Waals surface area (Å²) in [5, 5.41) is 17.1. The Kier molecular flexibility index (Phi) is 4.08. The van der Waals surface area contributed by atoms with E-state index in [-0.39, 0.29) is 22.7 Å². The van der Waals surface area contributed by atoms with E-state index in [1.54, 1.807) is 13.0 Å². The van der Waals surface area contributed by atoms with E-state index >= 15 is 0 Å². The summed E-state index contributed by atoms with van der Waals surface area (Å²) in [7, 11) is 0. The van der Waals surface area contributed by atoms with Crippen molar-refractivity contribution in [3.8, 4) is 11.3 Å². The van der Waals surface area contributed by atoms with Crippen LogP contribution in [0.15, 0.2) is 18.2 Å². The minimum absolute atomic E-state index is 0.110. The van der Waals surface area contributed by atoms with Crippen molar-refractivity contribution in [3.63, 3.8) is 0 Å². The van der Waals surface area contributed by atoms with Crippen LogP contribution in [0.3, 0.4) is 0 Å². The first-order valence-electron chi connectivity index (χ1n) is 8.43. The predicted octanol–water partition coefficient (Wildman–Crippen LogP) is 4.23. The van der Waals surface area contributed by atoms with Crippen LogP contribution in [0.25, 0.3) is 16.9 Å². The molecule has 2 N–H and O–H groups in total. The number of aromatic nitrogens is 3. The average Bonchev–Trinajstić information content (AvgIpc) is 3.17. The number of nitrogens with one attached hydrogen (secondary N) is 1. The van der Waals surface area contributed by atoms with Gasteiger partial charge in [-0.05, 0) is 36.2 Å². The van der Waals surface area contributed by atoms with Crippen molar-refractivity contribution in [2.24, 2.45) is 0 Å². The van der Waals surface area contributed by atoms with E-state index in [0.717, 1.165) is 6.07 Å². The Balaban J connectivity index is 2.06. The highest BCUT2D eigenvalue weighted by Crippen LogP contribution is 2.42. The third-order valence-corrected chi connectivity index (χ3v) is 4.92. The topological polar surface area (TPSA) is 62.5 Å². The number of halogens is 4. The zero-order valence-electron chi connectivity index (χ0n) is 14.5. The van der Waals surface area contributed by atoms with Gasteiger partial charge >= 0.3 is 6.18 Å². The second-order valence-electron chi connectivity index (χ2n) is 6.56. The Bertz CT molecular complexity index is 1060. The van der Waals surface area contributed by atoms with E-state index in [0.29, 0.717) is 34.7 Å². The number of anilines is 1. The Morgan fingerprint density at radius 2 is 2.07 bits per heavy atom. The summed E-state index contributed by atoms with van der Waals surface area (Å²) < 4.78 is 42.7. The Morgan fingerprint density at radius 3 is 2.74 bits per heavy atom. The highest BCUT2D eigenvalue weighted by Gasteiger charge is 2.37. The maximum absolute atomic E-state index is 13.8. The van der Waals surface area contributed by atoms with Gasteiger partial charge in [0.25, 0.3) is 0 Å². The summed E-state index contributed by atoms with van der Waals surface area (Å²) in [6.45, 7) is 3.42. The lowest BCUT2D eigenvalue weighted by molar-refractivity contribution is -0.137. The van der Waals surface area contributed by atoms with Gasteiger partial charge in [-0.3, -0.25) is 0 Å². The first kappa shape index (κ1) is 18.1. The van der Waals surface area contributed by atoms with Gasteiger partial charge in [-0.15, -0.1) is 0 Å². The summed E-state index contributed by atoms with van der Waals surface area (Å²) in [4.78, 5) is 4.35. The van der Waals surface area contributed by atoms with Gasteiger partial charge < -0.3 is 10.4 Å². The fraction of sp³-hybridized carbons (Fsp3) is 0.333. The molecule has 142 valence electrons. The van der Waals surface area contributed by atoms with Crippen LogP contribution in [0, 0.1) is 6.92 Å². The number of aryl methyl sites for hydroxylation is 2. The second kappa shape index (κ2) is 6.10. The number of alkyl halides is 3. The molecule has 0 fully saturated rings. The summed E-state index contributed by atoms with van der Waals surface area (Å²) in [6.07, 6.45) is -4.62. The highest BCUT2D eigenvalue weighted by atomic mass is 35.5. The van der Waals surface area contributed by atoms with Crippen LogP contribution >= 0.6 is 11.6 Å². The summed E-state index contributed by atoms with van der Waals surface area (Å²) in [5.41, 5.74) is 1.33. The first-order valence-corrected chi connectivity index (χ1v) is 8.80. The normalized spacial score (nSPS) is 16.6. The number of hydrogen-bond acceptors (Lipinski definition) is 4. The van der Waals surface area contributed by atoms with Crippen LogP contribution < -0.4 is 5.32 Å². The molecule has 0 amide bonds. The molecule has 3 heterocycles. The van der Waals surface area contributed by atoms with E-state index < -0.39 is 18.0 Å². The number of nitrogens with zero attached hydrogens (tertiary/aromatic N) is 3. The van der Waals surface area contributed by atoms with Gasteiger partial charge in [-0.2, -0.15) is 18.3 Å². The van der Waals surface area contributed by atoms with E-state index in [2.05, 4.69) is 15.4 Å². The molecule has 1 aliphatic rings. The van der Waals surface area contributed by atoms with Gasteiger partial charge in [-0.25, -0.2) is 9.50 Å². The number of hydrogen-bond donors (Lipinski definition) is 2. The zero-order valence-corrected chi connectivity index (χ0v) is 15.3. The summed E-state index contributed by atoms with van der Waals surface area (Å²) >= 11 is 6.27. The number of benzene rings is 1. The van der Waals surface area contributed by atoms with Crippen LogP contribution in [-0.2, 0) is 19.0 Å². The standard InChI is InChI=1S/C18H16ClF3N4O/c1-3-13-23-17-8(2)4-11(18(20,21)22)16(26(17)25-13)10-5-9-7-14(27)24-15(9)12(19)6-10/h4-6,14,24,27H,3,7H2,1-2H3. The van der Waals surface area contributed by atoms with Crippen molar-refractivity contribution in [1.82, 2.24) is 14.6 Å². The van der Waals surface area contributed by atoms with E-state index in [1.165, 1.54) is 10.6 Å². The molecular weight excluding hydrogens is 381 g/mol. The molecule has 9 heteroatoms. The van der Waals surface area contributed by atoms with Crippen molar-refractivity contribution in [2.45, 2.75) is 39.1 Å². The molecule has 0 saturated carbocycles. The van der Waals surface area contributed by atoms with Crippen LogP contribution in [0.5, 0.6) is 0 Å². The summed E-state index contributed by atoms with van der Waals surface area (Å²) in [6, 6.07) is 4.15. The van der Waals surface area contributed by atoms with E-state index in [1.807, 2.05) is 6.92 Å². The number of pyridine rings is 1. The van der Waals surface area contributed by atoms with Crippen molar-refractivity contribution >= 4 is 22.9 Å². The third-order valence-electron chi connectivity index (χ3n) is 4.62. The minimum atomic E-state index is -4.57. The smallest absolute Gasteiger partial charge is 0.373 e. The van der Waals surface area contributed by atoms with Crippen molar-refractivity contribution < 1.29 is 18.3 Å². The van der Waals surface area contributed by atoms with Crippen molar-refractivity contribution in [3.05, 3.63) is 45.7 Å². The lowest BCUT2D eigenvalue weighted by Crippen LogP contribution is -2.12. The lowest BCUT2D eigenvalue weighted by Gasteiger charge is -2.17. The molecule has 27 heavy (non-hydrogen) atoms. The largest absolute Gasteiger partial charge is 0.418 e. The van der Waals surface area contributed by atoms with Gasteiger partial charge in [0.15, 0.2) is 11.5 Å². The molecule has 0 radical (unpaired) electrons. The molecule has 2 aromatic heterocycles. The molecule has 0 aliphatic carbocycles. The number of aliphatic hydroxyl groups is 1. The molecule has 0 bridgehead atoms. The number of fused-ring (bicyclic) bond motifs is 2. The lowest BCUT2D eigenvalue weighted by atomic mass is 10.00. The molecule has 1 aromatic carbocycles. The Hall–Kier alpha value is -2.32. The molecule has 1 aliphatic heterocycles. The Labute approximate surface area is 157 Å². The third kappa shape index (κ3) is 2.93. The van der Waals surface area contributed by atoms with E-state index in [9.17, 15) is 18.3 Å². The molecule has 5 nitrogen and oxygen atoms in total. The highest BCUT2D eigenvalue weighted by molar-refractivity contribution is 6.33. The number of rotatable bonds is 2. The molecular formula is C18H16ClF3N4O. The molecule has 1 atom stereocenters. The molecule has 4 rings (SSSR count). The fourth-order valence-electron chi connectivity index (χ4n) is 3.42. The quantitative estimate of drug-likeness (QED) is 0.680. The van der Waals surface area contributed by atoms with E-state index in [4.69, 9.17) is 11.6 Å². The van der Waals surface area contributed by atoms with Crippen LogP contribution in [0.1, 0.15) is 29.4 Å². The van der Waals surface area contributed by atoms with Crippen molar-refractivity contribution in [2.75, 3.05) is 5.32 Å². The predicted molar refractivity (Wildman–Crippen MR) is 95.9 cm³/mol. The van der Waals surface area contributed by atoms with Crippen LogP contribution in [-0.4, -0.2) is 25.9 Å². The van der Waals surface area contributed by atoms with Gasteiger partial charge in [0.2, 0.25) is 0 Å². The summed E-state index contributed by atoms with van der Waals surface area (Å²) in [5.74, 6) is 0.461. The number of aliphatic hydroxyl groups excluding tert-OH is 1. The molecule has 0 saturated heterocycles. The molecule has 1 unspecified atom stereocenters. The second-order valence-corrected chi connectivity index (χ2v) is 6.97. The van der Waals surface area contributed by atoms with Crippen LogP contribution in [0.2, 0.25) is 5.02 Å². The van der Waals surface area contributed by atoms with Gasteiger partial charge in [0.05, 0.1) is 22.0 Å². The maximum Gasteiger partial charge on any atom is 0.418 e. The van der Waals surface area contributed by atoms with Crippen LogP contribution in [0.4, 0.5) is 18.9 Å². The fourth-order valence-corrected chi connectivity index (χ4v) is 3.72. The first-order chi connectivity index (χ1) is 12.7. The van der Waals surface area contributed by atoms with Gasteiger partial charge in [-0.1, -0.05) is 18.5 Å². The minimum Gasteiger partial charge on any atom is -0.373 e. The monoisotopic (exact) mass is 396 g/mol.